The highest BCUT2D eigenvalue weighted by molar-refractivity contribution is 5.94. The number of quaternary nitrogens is 1. The van der Waals surface area contributed by atoms with Gasteiger partial charge in [-0.1, -0.05) is 0 Å². The Labute approximate surface area is 78.8 Å². The van der Waals surface area contributed by atoms with Crippen molar-refractivity contribution in [2.75, 3.05) is 13.7 Å². The van der Waals surface area contributed by atoms with Crippen LogP contribution in [0.15, 0.2) is 29.2 Å². The third-order valence-corrected chi connectivity index (χ3v) is 2.11. The zero-order valence-corrected chi connectivity index (χ0v) is 7.47. The second kappa shape index (κ2) is 2.84. The fourth-order valence-electron chi connectivity index (χ4n) is 1.54. The molecule has 2 aliphatic heterocycles. The van der Waals surface area contributed by atoms with E-state index in [2.05, 4.69) is 4.99 Å². The van der Waals surface area contributed by atoms with Crippen LogP contribution in [-0.2, 0) is 0 Å². The summed E-state index contributed by atoms with van der Waals surface area (Å²) in [7, 11) is 1.61. The van der Waals surface area contributed by atoms with Crippen LogP contribution in [0.2, 0.25) is 0 Å². The third kappa shape index (κ3) is 1.41. The van der Waals surface area contributed by atoms with Gasteiger partial charge in [0.25, 0.3) is 0 Å². The minimum atomic E-state index is -4.33. The molecule has 0 saturated carbocycles. The van der Waals surface area contributed by atoms with Crippen LogP contribution in [0.3, 0.4) is 0 Å². The van der Waals surface area contributed by atoms with Gasteiger partial charge in [0.2, 0.25) is 5.84 Å². The Morgan fingerprint density at radius 1 is 1.50 bits per heavy atom. The molecule has 0 spiro atoms. The molecule has 0 aromatic heterocycles. The Hall–Kier alpha value is -1.30. The molecule has 0 saturated heterocycles. The molecule has 0 aromatic carbocycles. The van der Waals surface area contributed by atoms with E-state index in [1.165, 1.54) is 11.1 Å². The number of halogens is 3. The van der Waals surface area contributed by atoms with Crippen LogP contribution < -0.4 is 4.90 Å². The van der Waals surface area contributed by atoms with Crippen molar-refractivity contribution in [2.45, 2.75) is 6.18 Å². The maximum absolute atomic E-state index is 12.5. The van der Waals surface area contributed by atoms with Crippen LogP contribution in [-0.4, -0.2) is 30.6 Å². The van der Waals surface area contributed by atoms with Crippen molar-refractivity contribution in [1.82, 2.24) is 4.90 Å². The highest BCUT2D eigenvalue weighted by Crippen LogP contribution is 2.27. The van der Waals surface area contributed by atoms with Gasteiger partial charge in [0.05, 0.1) is 6.20 Å². The summed E-state index contributed by atoms with van der Waals surface area (Å²) in [6.45, 7) is 0.481. The smallest absolute Gasteiger partial charge is 0.333 e. The second-order valence-electron chi connectivity index (χ2n) is 3.27. The predicted molar refractivity (Wildman–Crippen MR) is 44.3 cm³/mol. The summed E-state index contributed by atoms with van der Waals surface area (Å²) in [5.41, 5.74) is -0.661. The zero-order chi connectivity index (χ0) is 10.3. The molecule has 2 heterocycles. The van der Waals surface area contributed by atoms with Crippen molar-refractivity contribution in [3.05, 3.63) is 24.2 Å². The minimum Gasteiger partial charge on any atom is -0.333 e. The van der Waals surface area contributed by atoms with E-state index in [0.717, 1.165) is 6.20 Å². The maximum Gasteiger partial charge on any atom is 0.425 e. The molecule has 1 atom stereocenters. The van der Waals surface area contributed by atoms with Gasteiger partial charge in [-0.3, -0.25) is 0 Å². The van der Waals surface area contributed by atoms with Gasteiger partial charge in [0.1, 0.15) is 6.20 Å². The fourth-order valence-corrected chi connectivity index (χ4v) is 1.54. The Morgan fingerprint density at radius 2 is 2.21 bits per heavy atom. The molecule has 6 heteroatoms. The molecule has 1 N–H and O–H groups in total. The average Bonchev–Trinajstić information content (AvgIpc) is 2.47. The summed E-state index contributed by atoms with van der Waals surface area (Å²) in [6.07, 6.45) is -0.214. The first-order valence-electron chi connectivity index (χ1n) is 4.08. The number of hydrogen-bond acceptors (Lipinski definition) is 2. The highest BCUT2D eigenvalue weighted by atomic mass is 19.4. The molecule has 3 nitrogen and oxygen atoms in total. The van der Waals surface area contributed by atoms with Crippen LogP contribution in [0.25, 0.3) is 0 Å². The summed E-state index contributed by atoms with van der Waals surface area (Å²) in [5.74, 6) is 0.0654. The summed E-state index contributed by atoms with van der Waals surface area (Å²) < 4.78 is 37.6. The molecule has 0 aliphatic carbocycles. The van der Waals surface area contributed by atoms with E-state index < -0.39 is 11.7 Å². The standard InChI is InChI=1S/C8H8F3N3/c1-13-4-6(8(9,10)11)7-12-2-3-14(7)5-13/h2-4H,5H2,1H3/p+1. The second-order valence-corrected chi connectivity index (χ2v) is 3.27. The SMILES string of the molecule is CN1C=C(C(F)(F)F)C2=NC=C[NH+]2C1. The van der Waals surface area contributed by atoms with E-state index in [-0.39, 0.29) is 5.84 Å². The summed E-state index contributed by atoms with van der Waals surface area (Å²) in [4.78, 5) is 5.86. The van der Waals surface area contributed by atoms with E-state index in [1.54, 1.807) is 13.2 Å². The fraction of sp³-hybridized carbons (Fsp3) is 0.375. The van der Waals surface area contributed by atoms with Crippen molar-refractivity contribution < 1.29 is 18.1 Å². The normalized spacial score (nSPS) is 26.0. The van der Waals surface area contributed by atoms with Crippen LogP contribution in [0.1, 0.15) is 0 Å². The molecular formula is C8H9F3N3+. The highest BCUT2D eigenvalue weighted by Gasteiger charge is 2.45. The molecule has 0 fully saturated rings. The maximum atomic E-state index is 12.5. The number of aliphatic imine (C=N–C) groups is 1. The number of hydrogen-bond donors (Lipinski definition) is 1. The minimum absolute atomic E-state index is 0.0654. The molecule has 1 unspecified atom stereocenters. The zero-order valence-electron chi connectivity index (χ0n) is 7.47. The van der Waals surface area contributed by atoms with Gasteiger partial charge in [0.15, 0.2) is 12.2 Å². The van der Waals surface area contributed by atoms with Gasteiger partial charge >= 0.3 is 6.18 Å². The number of amidine groups is 1. The average molecular weight is 204 g/mol. The van der Waals surface area contributed by atoms with E-state index in [1.807, 2.05) is 0 Å². The first kappa shape index (κ1) is 9.26. The molecule has 0 amide bonds. The van der Waals surface area contributed by atoms with Crippen molar-refractivity contribution in [2.24, 2.45) is 4.99 Å². The van der Waals surface area contributed by atoms with Gasteiger partial charge < -0.3 is 4.90 Å². The van der Waals surface area contributed by atoms with Crippen LogP contribution >= 0.6 is 0 Å². The summed E-state index contributed by atoms with van der Waals surface area (Å²) >= 11 is 0. The molecular weight excluding hydrogens is 195 g/mol. The van der Waals surface area contributed by atoms with Gasteiger partial charge in [-0.25, -0.2) is 4.90 Å². The first-order valence-corrected chi connectivity index (χ1v) is 4.08. The lowest BCUT2D eigenvalue weighted by molar-refractivity contribution is -0.758. The Bertz CT molecular complexity index is 340. The van der Waals surface area contributed by atoms with Crippen molar-refractivity contribution in [1.29, 1.82) is 0 Å². The monoisotopic (exact) mass is 204 g/mol. The van der Waals surface area contributed by atoms with Crippen LogP contribution in [0, 0.1) is 0 Å². The Kier molecular flexibility index (Phi) is 1.88. The third-order valence-electron chi connectivity index (χ3n) is 2.11. The van der Waals surface area contributed by atoms with E-state index >= 15 is 0 Å². The molecule has 2 rings (SSSR count). The molecule has 14 heavy (non-hydrogen) atoms. The quantitative estimate of drug-likeness (QED) is 0.593. The van der Waals surface area contributed by atoms with E-state index in [0.29, 0.717) is 11.6 Å². The number of alkyl halides is 3. The molecule has 0 bridgehead atoms. The number of nitrogens with zero attached hydrogens (tertiary/aromatic N) is 2. The first-order chi connectivity index (χ1) is 6.48. The van der Waals surface area contributed by atoms with Gasteiger partial charge in [0, 0.05) is 13.2 Å². The number of nitrogens with one attached hydrogen (secondary N) is 1. The Balaban J connectivity index is 2.39. The summed E-state index contributed by atoms with van der Waals surface area (Å²) in [5, 5.41) is 0. The van der Waals surface area contributed by atoms with Gasteiger partial charge in [-0.15, -0.1) is 0 Å². The molecule has 0 radical (unpaired) electrons. The number of rotatable bonds is 0. The van der Waals surface area contributed by atoms with Crippen molar-refractivity contribution in [3.8, 4) is 0 Å². The van der Waals surface area contributed by atoms with Gasteiger partial charge in [-0.2, -0.15) is 18.2 Å². The molecule has 76 valence electrons. The van der Waals surface area contributed by atoms with Crippen LogP contribution in [0.5, 0.6) is 0 Å². The van der Waals surface area contributed by atoms with Gasteiger partial charge in [-0.05, 0) is 0 Å². The largest absolute Gasteiger partial charge is 0.425 e. The summed E-state index contributed by atoms with van der Waals surface area (Å²) in [6, 6.07) is 0. The predicted octanol–water partition coefficient (Wildman–Crippen LogP) is 0.104. The van der Waals surface area contributed by atoms with E-state index in [4.69, 9.17) is 0 Å². The lowest BCUT2D eigenvalue weighted by Gasteiger charge is -2.27. The van der Waals surface area contributed by atoms with Crippen molar-refractivity contribution >= 4 is 5.84 Å². The van der Waals surface area contributed by atoms with E-state index in [9.17, 15) is 13.2 Å². The molecule has 2 aliphatic rings. The van der Waals surface area contributed by atoms with Crippen LogP contribution in [0.4, 0.5) is 13.2 Å². The Morgan fingerprint density at radius 3 is 2.86 bits per heavy atom. The topological polar surface area (TPSA) is 20.0 Å². The lowest BCUT2D eigenvalue weighted by Crippen LogP contribution is -3.12. The lowest BCUT2D eigenvalue weighted by atomic mass is 10.2. The van der Waals surface area contributed by atoms with Crippen molar-refractivity contribution in [3.63, 3.8) is 0 Å². The number of fused-ring (bicyclic) bond motifs is 1. The molecule has 0 aromatic rings.